The van der Waals surface area contributed by atoms with Crippen LogP contribution in [-0.4, -0.2) is 41.1 Å². The first-order valence-electron chi connectivity index (χ1n) is 5.27. The van der Waals surface area contributed by atoms with Crippen LogP contribution in [0.15, 0.2) is 0 Å². The maximum absolute atomic E-state index is 10.8. The Labute approximate surface area is 85.1 Å². The van der Waals surface area contributed by atoms with Crippen molar-refractivity contribution in [3.63, 3.8) is 0 Å². The van der Waals surface area contributed by atoms with Gasteiger partial charge < -0.3 is 15.7 Å². The van der Waals surface area contributed by atoms with Gasteiger partial charge in [-0.1, -0.05) is 12.8 Å². The number of carboxylic acids is 1. The van der Waals surface area contributed by atoms with Crippen molar-refractivity contribution in [3.05, 3.63) is 0 Å². The molecular weight excluding hydrogens is 180 g/mol. The van der Waals surface area contributed by atoms with Gasteiger partial charge in [0.25, 0.3) is 0 Å². The van der Waals surface area contributed by atoms with Crippen molar-refractivity contribution in [2.45, 2.75) is 38.1 Å². The molecule has 0 aliphatic carbocycles. The minimum absolute atomic E-state index is 0.461. The van der Waals surface area contributed by atoms with Gasteiger partial charge in [-0.25, -0.2) is 0 Å². The fourth-order valence-electron chi connectivity index (χ4n) is 1.83. The number of nitrogens with zero attached hydrogens (tertiary/aromatic N) is 1. The van der Waals surface area contributed by atoms with Crippen LogP contribution >= 0.6 is 0 Å². The molecule has 1 atom stereocenters. The Morgan fingerprint density at radius 2 is 1.86 bits per heavy atom. The van der Waals surface area contributed by atoms with Crippen molar-refractivity contribution >= 4 is 5.97 Å². The molecule has 1 heterocycles. The summed E-state index contributed by atoms with van der Waals surface area (Å²) < 4.78 is 0. The van der Waals surface area contributed by atoms with Crippen LogP contribution in [0.4, 0.5) is 0 Å². The third kappa shape index (κ3) is 3.27. The molecule has 4 nitrogen and oxygen atoms in total. The highest BCUT2D eigenvalue weighted by atomic mass is 16.4. The predicted molar refractivity (Wildman–Crippen MR) is 55.1 cm³/mol. The molecule has 82 valence electrons. The van der Waals surface area contributed by atoms with E-state index < -0.39 is 11.5 Å². The molecule has 4 heteroatoms. The van der Waals surface area contributed by atoms with Gasteiger partial charge in [-0.15, -0.1) is 0 Å². The molecule has 0 spiro atoms. The smallest absolute Gasteiger partial charge is 0.324 e. The predicted octanol–water partition coefficient (Wildman–Crippen LogP) is 0.664. The van der Waals surface area contributed by atoms with Crippen LogP contribution in [-0.2, 0) is 4.79 Å². The van der Waals surface area contributed by atoms with E-state index in [1.54, 1.807) is 6.92 Å². The Morgan fingerprint density at radius 3 is 2.29 bits per heavy atom. The van der Waals surface area contributed by atoms with E-state index in [0.29, 0.717) is 6.54 Å². The topological polar surface area (TPSA) is 66.6 Å². The summed E-state index contributed by atoms with van der Waals surface area (Å²) in [4.78, 5) is 13.0. The highest BCUT2D eigenvalue weighted by Crippen LogP contribution is 2.12. The first kappa shape index (κ1) is 11.5. The number of carbonyl (C=O) groups is 1. The lowest BCUT2D eigenvalue weighted by molar-refractivity contribution is -0.143. The van der Waals surface area contributed by atoms with Crippen LogP contribution < -0.4 is 5.73 Å². The van der Waals surface area contributed by atoms with E-state index in [1.807, 2.05) is 0 Å². The summed E-state index contributed by atoms with van der Waals surface area (Å²) in [6.07, 6.45) is 4.83. The summed E-state index contributed by atoms with van der Waals surface area (Å²) in [5.41, 5.74) is 4.59. The molecule has 0 aromatic carbocycles. The molecule has 14 heavy (non-hydrogen) atoms. The third-order valence-corrected chi connectivity index (χ3v) is 2.74. The lowest BCUT2D eigenvalue weighted by atomic mass is 10.0. The lowest BCUT2D eigenvalue weighted by Gasteiger charge is -2.28. The first-order chi connectivity index (χ1) is 6.52. The maximum atomic E-state index is 10.8. The molecule has 1 aliphatic heterocycles. The third-order valence-electron chi connectivity index (χ3n) is 2.74. The summed E-state index contributed by atoms with van der Waals surface area (Å²) >= 11 is 0. The molecule has 1 saturated heterocycles. The zero-order chi connectivity index (χ0) is 10.6. The molecule has 1 fully saturated rings. The quantitative estimate of drug-likeness (QED) is 0.702. The minimum Gasteiger partial charge on any atom is -0.480 e. The summed E-state index contributed by atoms with van der Waals surface area (Å²) in [6, 6.07) is 0. The molecule has 3 N–H and O–H groups in total. The van der Waals surface area contributed by atoms with E-state index in [4.69, 9.17) is 10.8 Å². The van der Waals surface area contributed by atoms with Crippen LogP contribution in [0, 0.1) is 0 Å². The van der Waals surface area contributed by atoms with Gasteiger partial charge in [0, 0.05) is 6.54 Å². The second-order valence-electron chi connectivity index (χ2n) is 4.41. The average Bonchev–Trinajstić information content (AvgIpc) is 2.32. The Morgan fingerprint density at radius 1 is 1.36 bits per heavy atom. The van der Waals surface area contributed by atoms with Crippen molar-refractivity contribution in [2.75, 3.05) is 19.6 Å². The van der Waals surface area contributed by atoms with E-state index in [-0.39, 0.29) is 0 Å². The molecule has 0 aromatic rings. The fraction of sp³-hybridized carbons (Fsp3) is 0.900. The molecule has 1 rings (SSSR count). The van der Waals surface area contributed by atoms with E-state index in [2.05, 4.69) is 4.90 Å². The standard InChI is InChI=1S/C10H20N2O2/c1-10(11,9(13)14)8-12-6-4-2-3-5-7-12/h2-8,11H2,1H3,(H,13,14). The average molecular weight is 200 g/mol. The maximum Gasteiger partial charge on any atom is 0.324 e. The second-order valence-corrected chi connectivity index (χ2v) is 4.41. The van der Waals surface area contributed by atoms with Gasteiger partial charge in [-0.2, -0.15) is 0 Å². The SMILES string of the molecule is CC(N)(CN1CCCCCC1)C(=O)O. The van der Waals surface area contributed by atoms with Crippen LogP contribution in [0.2, 0.25) is 0 Å². The van der Waals surface area contributed by atoms with Crippen LogP contribution in [0.5, 0.6) is 0 Å². The zero-order valence-electron chi connectivity index (χ0n) is 8.83. The van der Waals surface area contributed by atoms with E-state index in [9.17, 15) is 4.79 Å². The van der Waals surface area contributed by atoms with Crippen molar-refractivity contribution in [1.29, 1.82) is 0 Å². The van der Waals surface area contributed by atoms with Gasteiger partial charge in [-0.05, 0) is 32.9 Å². The van der Waals surface area contributed by atoms with Gasteiger partial charge >= 0.3 is 5.97 Å². The van der Waals surface area contributed by atoms with Crippen LogP contribution in [0.1, 0.15) is 32.6 Å². The molecule has 0 saturated carbocycles. The number of rotatable bonds is 3. The first-order valence-corrected chi connectivity index (χ1v) is 5.27. The van der Waals surface area contributed by atoms with Gasteiger partial charge in [-0.3, -0.25) is 4.79 Å². The van der Waals surface area contributed by atoms with Gasteiger partial charge in [0.1, 0.15) is 5.54 Å². The molecule has 0 amide bonds. The largest absolute Gasteiger partial charge is 0.480 e. The zero-order valence-corrected chi connectivity index (χ0v) is 8.83. The Hall–Kier alpha value is -0.610. The molecular formula is C10H20N2O2. The number of nitrogens with two attached hydrogens (primary N) is 1. The fourth-order valence-corrected chi connectivity index (χ4v) is 1.83. The van der Waals surface area contributed by atoms with Gasteiger partial charge in [0.15, 0.2) is 0 Å². The van der Waals surface area contributed by atoms with Crippen molar-refractivity contribution in [3.8, 4) is 0 Å². The number of aliphatic carboxylic acids is 1. The number of likely N-dealkylation sites (tertiary alicyclic amines) is 1. The van der Waals surface area contributed by atoms with Crippen LogP contribution in [0.25, 0.3) is 0 Å². The van der Waals surface area contributed by atoms with Crippen molar-refractivity contribution in [2.24, 2.45) is 5.73 Å². The second kappa shape index (κ2) is 4.75. The normalized spacial score (nSPS) is 23.9. The number of hydrogen-bond acceptors (Lipinski definition) is 3. The number of carboxylic acid groups (broad SMARTS) is 1. The van der Waals surface area contributed by atoms with Gasteiger partial charge in [0.2, 0.25) is 0 Å². The molecule has 0 aromatic heterocycles. The van der Waals surface area contributed by atoms with Crippen LogP contribution in [0.3, 0.4) is 0 Å². The van der Waals surface area contributed by atoms with E-state index in [1.165, 1.54) is 12.8 Å². The Kier molecular flexibility index (Phi) is 3.89. The molecule has 0 radical (unpaired) electrons. The monoisotopic (exact) mass is 200 g/mol. The van der Waals surface area contributed by atoms with E-state index >= 15 is 0 Å². The Bertz CT molecular complexity index is 196. The molecule has 0 bridgehead atoms. The molecule has 1 unspecified atom stereocenters. The highest BCUT2D eigenvalue weighted by Gasteiger charge is 2.30. The highest BCUT2D eigenvalue weighted by molar-refractivity contribution is 5.78. The van der Waals surface area contributed by atoms with Crippen molar-refractivity contribution < 1.29 is 9.90 Å². The van der Waals surface area contributed by atoms with Crippen molar-refractivity contribution in [1.82, 2.24) is 4.90 Å². The van der Waals surface area contributed by atoms with Gasteiger partial charge in [0.05, 0.1) is 0 Å². The lowest BCUT2D eigenvalue weighted by Crippen LogP contribution is -2.53. The summed E-state index contributed by atoms with van der Waals surface area (Å²) in [6.45, 7) is 4.02. The molecule has 1 aliphatic rings. The minimum atomic E-state index is -1.11. The summed E-state index contributed by atoms with van der Waals surface area (Å²) in [5, 5.41) is 8.89. The van der Waals surface area contributed by atoms with E-state index in [0.717, 1.165) is 25.9 Å². The number of hydrogen-bond donors (Lipinski definition) is 2. The summed E-state index contributed by atoms with van der Waals surface area (Å²) in [7, 11) is 0. The summed E-state index contributed by atoms with van der Waals surface area (Å²) in [5.74, 6) is -0.915. The Balaban J connectivity index is 2.45.